The lowest BCUT2D eigenvalue weighted by molar-refractivity contribution is -0.134. The first-order valence-corrected chi connectivity index (χ1v) is 2.89. The van der Waals surface area contributed by atoms with Crippen molar-refractivity contribution >= 4 is 12.4 Å². The van der Waals surface area contributed by atoms with Gasteiger partial charge in [-0.2, -0.15) is 0 Å². The molecule has 0 saturated heterocycles. The Kier molecular flexibility index (Phi) is 9.29. The molecule has 0 aliphatic rings. The molecule has 0 rings (SSSR count). The Morgan fingerprint density at radius 3 is 2.00 bits per heavy atom. The number of amides is 1. The molecule has 4 heteroatoms. The molecule has 60 valence electrons. The fraction of sp³-hybridized carbons (Fsp3) is 0.667. The minimum absolute atomic E-state index is 0.795. The van der Waals surface area contributed by atoms with Crippen molar-refractivity contribution in [1.29, 1.82) is 0 Å². The quantitative estimate of drug-likeness (QED) is 0.567. The maximum absolute atomic E-state index is 9.66. The van der Waals surface area contributed by atoms with E-state index in [0.29, 0.717) is 0 Å². The van der Waals surface area contributed by atoms with Gasteiger partial charge in [-0.3, -0.25) is 9.59 Å². The normalized spacial score (nSPS) is 7.10. The number of rotatable bonds is 2. The van der Waals surface area contributed by atoms with Gasteiger partial charge in [0.2, 0.25) is 6.41 Å². The van der Waals surface area contributed by atoms with E-state index in [4.69, 9.17) is 9.90 Å². The van der Waals surface area contributed by atoms with E-state index in [1.165, 1.54) is 0 Å². The molecule has 0 radical (unpaired) electrons. The largest absolute Gasteiger partial charge is 0.481 e. The summed E-state index contributed by atoms with van der Waals surface area (Å²) in [5.74, 6) is -0.833. The Labute approximate surface area is 60.4 Å². The van der Waals surface area contributed by atoms with Crippen molar-refractivity contribution in [2.45, 2.75) is 13.8 Å². The molecule has 0 spiro atoms. The van der Waals surface area contributed by atoms with Gasteiger partial charge in [0.05, 0.1) is 0 Å². The summed E-state index contributed by atoms with van der Waals surface area (Å²) in [6, 6.07) is 0. The van der Waals surface area contributed by atoms with Crippen LogP contribution in [0, 0.1) is 0 Å². The Morgan fingerprint density at radius 1 is 1.70 bits per heavy atom. The highest BCUT2D eigenvalue weighted by Gasteiger charge is 1.79. The summed E-state index contributed by atoms with van der Waals surface area (Å²) in [4.78, 5) is 20.2. The average Bonchev–Trinajstić information content (AvgIpc) is 1.85. The molecular weight excluding hydrogens is 134 g/mol. The summed E-state index contributed by atoms with van der Waals surface area (Å²) in [5.41, 5.74) is 0. The van der Waals surface area contributed by atoms with Gasteiger partial charge < -0.3 is 10.0 Å². The number of hydrogen-bond acceptors (Lipinski definition) is 2. The van der Waals surface area contributed by atoms with E-state index in [-0.39, 0.29) is 0 Å². The highest BCUT2D eigenvalue weighted by molar-refractivity contribution is 5.62. The van der Waals surface area contributed by atoms with E-state index in [9.17, 15) is 4.79 Å². The molecule has 0 aromatic carbocycles. The van der Waals surface area contributed by atoms with Crippen LogP contribution in [0.5, 0.6) is 0 Å². The van der Waals surface area contributed by atoms with Crippen LogP contribution >= 0.6 is 0 Å². The van der Waals surface area contributed by atoms with Crippen LogP contribution in [0.1, 0.15) is 13.8 Å². The lowest BCUT2D eigenvalue weighted by atomic mass is 10.7. The molecule has 10 heavy (non-hydrogen) atoms. The van der Waals surface area contributed by atoms with Crippen LogP contribution in [-0.4, -0.2) is 36.0 Å². The van der Waals surface area contributed by atoms with Gasteiger partial charge in [-0.15, -0.1) is 0 Å². The summed E-state index contributed by atoms with van der Waals surface area (Å²) >= 11 is 0. The van der Waals surface area contributed by atoms with Crippen molar-refractivity contribution in [3.05, 3.63) is 0 Å². The molecule has 4 nitrogen and oxygen atoms in total. The molecule has 0 unspecified atom stereocenters. The smallest absolute Gasteiger partial charge is 0.300 e. The number of carboxylic acid groups (broad SMARTS) is 1. The topological polar surface area (TPSA) is 57.6 Å². The number of carbonyl (C=O) groups is 2. The van der Waals surface area contributed by atoms with Crippen molar-refractivity contribution < 1.29 is 14.7 Å². The van der Waals surface area contributed by atoms with Gasteiger partial charge in [-0.25, -0.2) is 0 Å². The minimum Gasteiger partial charge on any atom is -0.481 e. The summed E-state index contributed by atoms with van der Waals surface area (Å²) < 4.78 is 0. The maximum atomic E-state index is 9.66. The molecule has 0 aromatic rings. The summed E-state index contributed by atoms with van der Waals surface area (Å²) in [6.45, 7) is 3.80. The van der Waals surface area contributed by atoms with Crippen LogP contribution in [0.2, 0.25) is 0 Å². The second-order valence-electron chi connectivity index (χ2n) is 1.70. The van der Waals surface area contributed by atoms with Gasteiger partial charge in [0.25, 0.3) is 5.97 Å². The standard InChI is InChI=1S/C4H9NO.C2H4O2/c1-3-5(2)4-6;1-2(3)4/h4H,3H2,1-2H3;1H3,(H,3,4). The summed E-state index contributed by atoms with van der Waals surface area (Å²) in [7, 11) is 1.74. The third-order valence-corrected chi connectivity index (χ3v) is 0.679. The van der Waals surface area contributed by atoms with E-state index >= 15 is 0 Å². The predicted octanol–water partition coefficient (Wildman–Crippen LogP) is 0.185. The van der Waals surface area contributed by atoms with Gasteiger partial charge in [-0.05, 0) is 6.92 Å². The molecule has 0 aliphatic heterocycles. The van der Waals surface area contributed by atoms with Crippen LogP contribution in [0.3, 0.4) is 0 Å². The molecular formula is C6H13NO3. The van der Waals surface area contributed by atoms with Crippen LogP contribution in [0.4, 0.5) is 0 Å². The van der Waals surface area contributed by atoms with Crippen molar-refractivity contribution in [1.82, 2.24) is 4.90 Å². The van der Waals surface area contributed by atoms with Gasteiger partial charge >= 0.3 is 0 Å². The van der Waals surface area contributed by atoms with Crippen LogP contribution in [0.25, 0.3) is 0 Å². The molecule has 0 heterocycles. The Balaban J connectivity index is 0. The van der Waals surface area contributed by atoms with Gasteiger partial charge in [0.15, 0.2) is 0 Å². The number of nitrogens with zero attached hydrogens (tertiary/aromatic N) is 1. The second kappa shape index (κ2) is 7.94. The lowest BCUT2D eigenvalue weighted by Crippen LogP contribution is -2.13. The van der Waals surface area contributed by atoms with Crippen molar-refractivity contribution in [3.8, 4) is 0 Å². The van der Waals surface area contributed by atoms with Gasteiger partial charge in [-0.1, -0.05) is 0 Å². The molecule has 1 amide bonds. The molecule has 0 aliphatic carbocycles. The third kappa shape index (κ3) is 28.3. The Morgan fingerprint density at radius 2 is 2.00 bits per heavy atom. The molecule has 1 N–H and O–H groups in total. The zero-order valence-electron chi connectivity index (χ0n) is 6.50. The van der Waals surface area contributed by atoms with Crippen LogP contribution in [0.15, 0.2) is 0 Å². The fourth-order valence-corrected chi connectivity index (χ4v) is 0.0745. The van der Waals surface area contributed by atoms with E-state index in [2.05, 4.69) is 0 Å². The first-order valence-electron chi connectivity index (χ1n) is 2.89. The molecule has 0 bridgehead atoms. The molecule has 0 fully saturated rings. The van der Waals surface area contributed by atoms with E-state index < -0.39 is 5.97 Å². The number of hydrogen-bond donors (Lipinski definition) is 1. The molecule has 0 aromatic heterocycles. The van der Waals surface area contributed by atoms with E-state index in [0.717, 1.165) is 19.9 Å². The SMILES string of the molecule is CC(=O)O.CCN(C)C=O. The Bertz CT molecular complexity index is 99.2. The second-order valence-corrected chi connectivity index (χ2v) is 1.70. The minimum atomic E-state index is -0.833. The maximum Gasteiger partial charge on any atom is 0.300 e. The average molecular weight is 147 g/mol. The van der Waals surface area contributed by atoms with Crippen molar-refractivity contribution in [2.75, 3.05) is 13.6 Å². The first-order chi connectivity index (χ1) is 4.54. The summed E-state index contributed by atoms with van der Waals surface area (Å²) in [6.07, 6.45) is 0.806. The highest BCUT2D eigenvalue weighted by Crippen LogP contribution is 1.66. The monoisotopic (exact) mass is 147 g/mol. The van der Waals surface area contributed by atoms with Gasteiger partial charge in [0, 0.05) is 20.5 Å². The Hall–Kier alpha value is -1.06. The predicted molar refractivity (Wildman–Crippen MR) is 37.7 cm³/mol. The third-order valence-electron chi connectivity index (χ3n) is 0.679. The van der Waals surface area contributed by atoms with Crippen molar-refractivity contribution in [3.63, 3.8) is 0 Å². The number of carboxylic acids is 1. The van der Waals surface area contributed by atoms with Crippen LogP contribution < -0.4 is 0 Å². The van der Waals surface area contributed by atoms with Crippen molar-refractivity contribution in [2.24, 2.45) is 0 Å². The fourth-order valence-electron chi connectivity index (χ4n) is 0.0745. The van der Waals surface area contributed by atoms with Crippen LogP contribution in [-0.2, 0) is 9.59 Å². The molecule has 0 atom stereocenters. The van der Waals surface area contributed by atoms with E-state index in [1.807, 2.05) is 6.92 Å². The zero-order valence-corrected chi connectivity index (χ0v) is 6.50. The zero-order chi connectivity index (χ0) is 8.57. The molecule has 0 saturated carbocycles. The highest BCUT2D eigenvalue weighted by atomic mass is 16.4. The number of aliphatic carboxylic acids is 1. The first kappa shape index (κ1) is 11.7. The summed E-state index contributed by atoms with van der Waals surface area (Å²) in [5, 5.41) is 7.42. The van der Waals surface area contributed by atoms with Gasteiger partial charge in [0.1, 0.15) is 0 Å². The lowest BCUT2D eigenvalue weighted by Gasteiger charge is -2.01. The van der Waals surface area contributed by atoms with E-state index in [1.54, 1.807) is 11.9 Å². The number of carbonyl (C=O) groups excluding carboxylic acids is 1.